The van der Waals surface area contributed by atoms with Crippen molar-refractivity contribution in [3.8, 4) is 17.2 Å². The third kappa shape index (κ3) is 6.29. The second kappa shape index (κ2) is 11.2. The molecule has 1 aromatic heterocycles. The molecule has 0 saturated heterocycles. The van der Waals surface area contributed by atoms with Crippen LogP contribution in [0.4, 0.5) is 5.13 Å². The fraction of sp³-hybridized carbons (Fsp3) is 0.360. The lowest BCUT2D eigenvalue weighted by molar-refractivity contribution is 0.0916. The molecule has 0 fully saturated rings. The number of nitrogens with zero attached hydrogens (tertiary/aromatic N) is 2. The average molecular weight is 500 g/mol. The van der Waals surface area contributed by atoms with Crippen molar-refractivity contribution < 1.29 is 19.0 Å². The lowest BCUT2D eigenvalue weighted by atomic mass is 10.2. The van der Waals surface area contributed by atoms with Crippen LogP contribution in [0.1, 0.15) is 27.9 Å². The summed E-state index contributed by atoms with van der Waals surface area (Å²) in [5.41, 5.74) is 1.50. The minimum Gasteiger partial charge on any atom is -0.488 e. The van der Waals surface area contributed by atoms with E-state index in [-0.39, 0.29) is 12.0 Å². The number of ether oxygens (including phenoxy) is 3. The summed E-state index contributed by atoms with van der Waals surface area (Å²) < 4.78 is 17.2. The van der Waals surface area contributed by atoms with Gasteiger partial charge >= 0.3 is 0 Å². The Kier molecular flexibility index (Phi) is 8.10. The van der Waals surface area contributed by atoms with E-state index in [9.17, 15) is 4.79 Å². The number of methoxy groups -OCH3 is 1. The van der Waals surface area contributed by atoms with E-state index in [1.807, 2.05) is 37.4 Å². The summed E-state index contributed by atoms with van der Waals surface area (Å²) in [5, 5.41) is 3.56. The van der Waals surface area contributed by atoms with Gasteiger partial charge in [-0.15, -0.1) is 23.1 Å². The molecule has 9 heteroatoms. The van der Waals surface area contributed by atoms with Crippen molar-refractivity contribution >= 4 is 34.1 Å². The van der Waals surface area contributed by atoms with Crippen LogP contribution < -0.4 is 14.8 Å². The molecule has 4 rings (SSSR count). The van der Waals surface area contributed by atoms with Crippen LogP contribution in [0.15, 0.2) is 47.4 Å². The molecule has 0 radical (unpaired) electrons. The van der Waals surface area contributed by atoms with E-state index >= 15 is 0 Å². The summed E-state index contributed by atoms with van der Waals surface area (Å²) in [6.07, 6.45) is 2.74. The van der Waals surface area contributed by atoms with Gasteiger partial charge in [0.25, 0.3) is 5.91 Å². The molecular formula is C25H29N3O4S2. The molecule has 0 spiro atoms. The molecule has 0 bridgehead atoms. The normalized spacial score (nSPS) is 14.4. The van der Waals surface area contributed by atoms with E-state index in [4.69, 9.17) is 14.2 Å². The number of thiazole rings is 1. The summed E-state index contributed by atoms with van der Waals surface area (Å²) in [5.74, 6) is 1.48. The number of aromatic nitrogens is 1. The number of hydrogen-bond acceptors (Lipinski definition) is 8. The first-order valence-corrected chi connectivity index (χ1v) is 13.1. The zero-order valence-corrected chi connectivity index (χ0v) is 21.4. The number of amides is 1. The maximum Gasteiger partial charge on any atom is 0.257 e. The fourth-order valence-electron chi connectivity index (χ4n) is 3.66. The number of carbonyl (C=O) groups is 1. The number of benzene rings is 2. The van der Waals surface area contributed by atoms with Gasteiger partial charge in [0.1, 0.15) is 23.4 Å². The van der Waals surface area contributed by atoms with Gasteiger partial charge in [-0.05, 0) is 56.6 Å². The Bertz CT molecular complexity index is 1130. The Balaban J connectivity index is 1.56. The lowest BCUT2D eigenvalue weighted by Gasteiger charge is -2.20. The van der Waals surface area contributed by atoms with E-state index in [1.54, 1.807) is 37.1 Å². The molecule has 7 nitrogen and oxygen atoms in total. The van der Waals surface area contributed by atoms with E-state index in [1.165, 1.54) is 16.2 Å². The maximum atomic E-state index is 13.1. The Morgan fingerprint density at radius 1 is 1.21 bits per heavy atom. The highest BCUT2D eigenvalue weighted by atomic mass is 32.2. The predicted molar refractivity (Wildman–Crippen MR) is 137 cm³/mol. The third-order valence-electron chi connectivity index (χ3n) is 5.32. The topological polar surface area (TPSA) is 72.9 Å². The fourth-order valence-corrected chi connectivity index (χ4v) is 5.15. The van der Waals surface area contributed by atoms with Crippen LogP contribution in [-0.4, -0.2) is 55.5 Å². The maximum absolute atomic E-state index is 13.1. The third-order valence-corrected chi connectivity index (χ3v) is 7.06. The van der Waals surface area contributed by atoms with Crippen molar-refractivity contribution in [2.75, 3.05) is 38.9 Å². The first-order chi connectivity index (χ1) is 16.4. The van der Waals surface area contributed by atoms with Crippen molar-refractivity contribution in [2.24, 2.45) is 0 Å². The molecule has 0 aliphatic carbocycles. The second-order valence-corrected chi connectivity index (χ2v) is 10.1. The van der Waals surface area contributed by atoms with Gasteiger partial charge in [0, 0.05) is 48.0 Å². The van der Waals surface area contributed by atoms with Crippen LogP contribution >= 0.6 is 23.1 Å². The molecule has 2 aromatic carbocycles. The Hall–Kier alpha value is -2.59. The number of carbonyl (C=O) groups excluding carboxylic acids is 1. The smallest absolute Gasteiger partial charge is 0.257 e. The standard InChI is InChI=1S/C25H29N3O4S2/c1-16(15-30-3)31-19-11-17(12-20(13-19)32-18-5-7-21(33-4)8-6-18)24(29)27-25-26-22-9-10-28(2)14-23(22)34-25/h5-8,11-13,16H,9-10,14-15H2,1-4H3,(H,26,27,29). The summed E-state index contributed by atoms with van der Waals surface area (Å²) in [6, 6.07) is 13.0. The second-order valence-electron chi connectivity index (χ2n) is 8.19. The Morgan fingerprint density at radius 2 is 1.97 bits per heavy atom. The summed E-state index contributed by atoms with van der Waals surface area (Å²) in [4.78, 5) is 22.4. The highest BCUT2D eigenvalue weighted by Gasteiger charge is 2.20. The molecule has 34 heavy (non-hydrogen) atoms. The number of hydrogen-bond donors (Lipinski definition) is 1. The number of fused-ring (bicyclic) bond motifs is 1. The SMILES string of the molecule is COCC(C)Oc1cc(Oc2ccc(SC)cc2)cc(C(=O)Nc2nc3c(s2)CN(C)CC3)c1. The Morgan fingerprint density at radius 3 is 2.71 bits per heavy atom. The summed E-state index contributed by atoms with van der Waals surface area (Å²) in [7, 11) is 3.72. The summed E-state index contributed by atoms with van der Waals surface area (Å²) >= 11 is 3.19. The van der Waals surface area contributed by atoms with Crippen molar-refractivity contribution in [1.29, 1.82) is 0 Å². The Labute approximate surface area is 208 Å². The van der Waals surface area contributed by atoms with Crippen LogP contribution in [0, 0.1) is 0 Å². The van der Waals surface area contributed by atoms with Gasteiger partial charge in [-0.2, -0.15) is 0 Å². The van der Waals surface area contributed by atoms with Crippen LogP contribution in [-0.2, 0) is 17.7 Å². The van der Waals surface area contributed by atoms with Crippen molar-refractivity contribution in [1.82, 2.24) is 9.88 Å². The molecule has 2 heterocycles. The van der Waals surface area contributed by atoms with Crippen LogP contribution in [0.2, 0.25) is 0 Å². The highest BCUT2D eigenvalue weighted by Crippen LogP contribution is 2.31. The van der Waals surface area contributed by atoms with E-state index in [0.29, 0.717) is 34.6 Å². The van der Waals surface area contributed by atoms with E-state index in [2.05, 4.69) is 22.2 Å². The van der Waals surface area contributed by atoms with Crippen LogP contribution in [0.5, 0.6) is 17.2 Å². The minimum absolute atomic E-state index is 0.181. The number of rotatable bonds is 9. The number of nitrogens with one attached hydrogen (secondary N) is 1. The largest absolute Gasteiger partial charge is 0.488 e. The van der Waals surface area contributed by atoms with E-state index < -0.39 is 0 Å². The molecule has 1 unspecified atom stereocenters. The van der Waals surface area contributed by atoms with Gasteiger partial charge in [-0.1, -0.05) is 0 Å². The number of anilines is 1. The van der Waals surface area contributed by atoms with Crippen molar-refractivity contribution in [3.63, 3.8) is 0 Å². The van der Waals surface area contributed by atoms with Gasteiger partial charge in [0.2, 0.25) is 0 Å². The zero-order chi connectivity index (χ0) is 24.1. The molecule has 1 amide bonds. The molecular weight excluding hydrogens is 470 g/mol. The van der Waals surface area contributed by atoms with E-state index in [0.717, 1.165) is 30.1 Å². The van der Waals surface area contributed by atoms with Gasteiger partial charge < -0.3 is 19.1 Å². The molecule has 180 valence electrons. The monoisotopic (exact) mass is 499 g/mol. The van der Waals surface area contributed by atoms with Crippen molar-refractivity contribution in [3.05, 3.63) is 58.6 Å². The molecule has 1 N–H and O–H groups in total. The van der Waals surface area contributed by atoms with Crippen LogP contribution in [0.3, 0.4) is 0 Å². The first-order valence-electron chi connectivity index (χ1n) is 11.0. The minimum atomic E-state index is -0.258. The molecule has 0 saturated carbocycles. The molecule has 1 atom stereocenters. The van der Waals surface area contributed by atoms with Gasteiger partial charge in [-0.25, -0.2) is 4.98 Å². The zero-order valence-electron chi connectivity index (χ0n) is 19.8. The molecule has 3 aromatic rings. The predicted octanol–water partition coefficient (Wildman–Crippen LogP) is 5.31. The molecule has 1 aliphatic rings. The quantitative estimate of drug-likeness (QED) is 0.400. The first kappa shape index (κ1) is 24.5. The van der Waals surface area contributed by atoms with Gasteiger partial charge in [0.05, 0.1) is 12.3 Å². The number of thioether (sulfide) groups is 1. The van der Waals surface area contributed by atoms with Crippen LogP contribution in [0.25, 0.3) is 0 Å². The van der Waals surface area contributed by atoms with Crippen molar-refractivity contribution in [2.45, 2.75) is 30.9 Å². The average Bonchev–Trinajstić information content (AvgIpc) is 3.20. The summed E-state index contributed by atoms with van der Waals surface area (Å²) in [6.45, 7) is 4.18. The van der Waals surface area contributed by atoms with Gasteiger partial charge in [-0.3, -0.25) is 10.1 Å². The number of likely N-dealkylation sites (N-methyl/N-ethyl adjacent to an activating group) is 1. The molecule has 1 aliphatic heterocycles. The highest BCUT2D eigenvalue weighted by molar-refractivity contribution is 7.98. The lowest BCUT2D eigenvalue weighted by Crippen LogP contribution is -2.25. The van der Waals surface area contributed by atoms with Gasteiger partial charge in [0.15, 0.2) is 5.13 Å².